The highest BCUT2D eigenvalue weighted by atomic mass is 19.1. The zero-order valence-electron chi connectivity index (χ0n) is 17.1. The van der Waals surface area contributed by atoms with E-state index in [0.29, 0.717) is 11.6 Å². The lowest BCUT2D eigenvalue weighted by atomic mass is 9.97. The van der Waals surface area contributed by atoms with Crippen molar-refractivity contribution in [2.45, 2.75) is 37.8 Å². The largest absolute Gasteiger partial charge is 0.348 e. The number of nitrogens with zero attached hydrogens (tertiary/aromatic N) is 2. The van der Waals surface area contributed by atoms with Crippen LogP contribution in [0.3, 0.4) is 0 Å². The molecule has 0 spiro atoms. The van der Waals surface area contributed by atoms with Crippen LogP contribution in [0, 0.1) is 5.82 Å². The Bertz CT molecular complexity index is 830. The molecule has 2 aliphatic rings. The predicted molar refractivity (Wildman–Crippen MR) is 114 cm³/mol. The summed E-state index contributed by atoms with van der Waals surface area (Å²) in [4.78, 5) is 17.9. The molecule has 0 aliphatic carbocycles. The number of benzene rings is 2. The predicted octanol–water partition coefficient (Wildman–Crippen LogP) is 3.78. The number of carbonyl (C=O) groups excluding carboxylic acids is 1. The Morgan fingerprint density at radius 1 is 1.00 bits per heavy atom. The molecule has 154 valence electrons. The molecular weight excluding hydrogens is 365 g/mol. The number of nitrogens with one attached hydrogen (secondary N) is 1. The number of likely N-dealkylation sites (tertiary alicyclic amines) is 2. The topological polar surface area (TPSA) is 35.6 Å². The minimum atomic E-state index is -0.255. The third kappa shape index (κ3) is 5.03. The summed E-state index contributed by atoms with van der Waals surface area (Å²) in [6.07, 6.45) is 4.60. The number of carbonyl (C=O) groups is 1. The van der Waals surface area contributed by atoms with Gasteiger partial charge in [-0.05, 0) is 87.8 Å². The zero-order valence-corrected chi connectivity index (χ0v) is 17.1. The maximum Gasteiger partial charge on any atom is 0.251 e. The molecule has 5 heteroatoms. The second kappa shape index (κ2) is 9.06. The maximum absolute atomic E-state index is 13.2. The average molecular weight is 396 g/mol. The number of amides is 1. The first-order chi connectivity index (χ1) is 14.1. The van der Waals surface area contributed by atoms with E-state index in [0.717, 1.165) is 50.1 Å². The lowest BCUT2D eigenvalue weighted by Gasteiger charge is -2.41. The molecular formula is C24H30FN3O. The fourth-order valence-electron chi connectivity index (χ4n) is 4.57. The Morgan fingerprint density at radius 2 is 1.76 bits per heavy atom. The van der Waals surface area contributed by atoms with Gasteiger partial charge in [0.25, 0.3) is 5.91 Å². The summed E-state index contributed by atoms with van der Waals surface area (Å²) in [5.41, 5.74) is 2.49. The zero-order chi connectivity index (χ0) is 20.2. The van der Waals surface area contributed by atoms with Crippen molar-refractivity contribution in [1.82, 2.24) is 15.1 Å². The van der Waals surface area contributed by atoms with Crippen LogP contribution >= 0.6 is 0 Å². The van der Waals surface area contributed by atoms with Crippen LogP contribution in [0.2, 0.25) is 0 Å². The number of hydrogen-bond acceptors (Lipinski definition) is 3. The third-order valence-corrected chi connectivity index (χ3v) is 6.29. The van der Waals surface area contributed by atoms with Crippen molar-refractivity contribution in [3.05, 3.63) is 59.9 Å². The van der Waals surface area contributed by atoms with E-state index in [1.165, 1.54) is 25.0 Å². The summed E-state index contributed by atoms with van der Waals surface area (Å²) in [6, 6.07) is 14.8. The van der Waals surface area contributed by atoms with Crippen LogP contribution in [0.5, 0.6) is 0 Å². The molecule has 0 radical (unpaired) electrons. The number of halogens is 1. The van der Waals surface area contributed by atoms with E-state index in [1.54, 1.807) is 12.1 Å². The standard InChI is InChI=1S/C24H30FN3O/c1-27-14-11-23(12-15-27)28-13-3-6-22(17-28)26-24(29)20-5-2-4-19(16-20)18-7-9-21(25)10-8-18/h2,4-5,7-10,16,22-23H,3,6,11-15,17H2,1H3,(H,26,29). The summed E-state index contributed by atoms with van der Waals surface area (Å²) in [5.74, 6) is -0.279. The van der Waals surface area contributed by atoms with Gasteiger partial charge in [0.05, 0.1) is 0 Å². The van der Waals surface area contributed by atoms with Crippen LogP contribution < -0.4 is 5.32 Å². The van der Waals surface area contributed by atoms with Crippen LogP contribution in [0.4, 0.5) is 4.39 Å². The quantitative estimate of drug-likeness (QED) is 0.856. The lowest BCUT2D eigenvalue weighted by Crippen LogP contribution is -2.53. The van der Waals surface area contributed by atoms with Gasteiger partial charge < -0.3 is 10.2 Å². The maximum atomic E-state index is 13.2. The van der Waals surface area contributed by atoms with Crippen molar-refractivity contribution in [3.63, 3.8) is 0 Å². The summed E-state index contributed by atoms with van der Waals surface area (Å²) in [6.45, 7) is 4.40. The van der Waals surface area contributed by atoms with Gasteiger partial charge in [-0.25, -0.2) is 4.39 Å². The van der Waals surface area contributed by atoms with Crippen molar-refractivity contribution < 1.29 is 9.18 Å². The molecule has 2 fully saturated rings. The Morgan fingerprint density at radius 3 is 2.52 bits per heavy atom. The lowest BCUT2D eigenvalue weighted by molar-refractivity contribution is 0.0766. The molecule has 2 aromatic rings. The van der Waals surface area contributed by atoms with E-state index in [4.69, 9.17) is 0 Å². The van der Waals surface area contributed by atoms with Crippen molar-refractivity contribution in [2.75, 3.05) is 33.2 Å². The third-order valence-electron chi connectivity index (χ3n) is 6.29. The molecule has 0 bridgehead atoms. The van der Waals surface area contributed by atoms with E-state index < -0.39 is 0 Å². The summed E-state index contributed by atoms with van der Waals surface area (Å²) in [7, 11) is 2.19. The fourth-order valence-corrected chi connectivity index (χ4v) is 4.57. The van der Waals surface area contributed by atoms with E-state index in [-0.39, 0.29) is 17.8 Å². The van der Waals surface area contributed by atoms with Gasteiger partial charge in [-0.15, -0.1) is 0 Å². The van der Waals surface area contributed by atoms with Crippen LogP contribution in [0.1, 0.15) is 36.0 Å². The van der Waals surface area contributed by atoms with Gasteiger partial charge in [0.15, 0.2) is 0 Å². The van der Waals surface area contributed by atoms with Gasteiger partial charge in [0.2, 0.25) is 0 Å². The number of hydrogen-bond donors (Lipinski definition) is 1. The van der Waals surface area contributed by atoms with Crippen molar-refractivity contribution in [3.8, 4) is 11.1 Å². The van der Waals surface area contributed by atoms with Gasteiger partial charge in [0, 0.05) is 24.2 Å². The minimum absolute atomic E-state index is 0.0239. The highest BCUT2D eigenvalue weighted by Gasteiger charge is 2.28. The highest BCUT2D eigenvalue weighted by molar-refractivity contribution is 5.95. The molecule has 1 atom stereocenters. The first kappa shape index (κ1) is 20.0. The molecule has 1 unspecified atom stereocenters. The van der Waals surface area contributed by atoms with Crippen molar-refractivity contribution >= 4 is 5.91 Å². The second-order valence-electron chi connectivity index (χ2n) is 8.43. The molecule has 2 aromatic carbocycles. The van der Waals surface area contributed by atoms with Gasteiger partial charge in [-0.3, -0.25) is 9.69 Å². The molecule has 2 aliphatic heterocycles. The molecule has 2 heterocycles. The smallest absolute Gasteiger partial charge is 0.251 e. The van der Waals surface area contributed by atoms with E-state index in [2.05, 4.69) is 22.2 Å². The Kier molecular flexibility index (Phi) is 6.26. The summed E-state index contributed by atoms with van der Waals surface area (Å²) >= 11 is 0. The van der Waals surface area contributed by atoms with E-state index >= 15 is 0 Å². The highest BCUT2D eigenvalue weighted by Crippen LogP contribution is 2.23. The number of piperidine rings is 2. The van der Waals surface area contributed by atoms with Gasteiger partial charge in [-0.2, -0.15) is 0 Å². The normalized spacial score (nSPS) is 21.8. The average Bonchev–Trinajstić information content (AvgIpc) is 2.75. The molecule has 2 saturated heterocycles. The van der Waals surface area contributed by atoms with Crippen LogP contribution in [0.15, 0.2) is 48.5 Å². The van der Waals surface area contributed by atoms with Crippen LogP contribution in [-0.2, 0) is 0 Å². The SMILES string of the molecule is CN1CCC(N2CCCC(NC(=O)c3cccc(-c4ccc(F)cc4)c3)C2)CC1. The van der Waals surface area contributed by atoms with Crippen LogP contribution in [0.25, 0.3) is 11.1 Å². The molecule has 4 rings (SSSR count). The molecule has 0 saturated carbocycles. The Labute approximate surface area is 172 Å². The Balaban J connectivity index is 1.38. The van der Waals surface area contributed by atoms with Gasteiger partial charge >= 0.3 is 0 Å². The first-order valence-electron chi connectivity index (χ1n) is 10.7. The molecule has 29 heavy (non-hydrogen) atoms. The van der Waals surface area contributed by atoms with E-state index in [1.807, 2.05) is 24.3 Å². The molecule has 4 nitrogen and oxygen atoms in total. The fraction of sp³-hybridized carbons (Fsp3) is 0.458. The van der Waals surface area contributed by atoms with Crippen molar-refractivity contribution in [1.29, 1.82) is 0 Å². The molecule has 1 N–H and O–H groups in total. The first-order valence-corrected chi connectivity index (χ1v) is 10.7. The van der Waals surface area contributed by atoms with Gasteiger partial charge in [0.1, 0.15) is 5.82 Å². The summed E-state index contributed by atoms with van der Waals surface area (Å²) < 4.78 is 13.2. The number of rotatable bonds is 4. The monoisotopic (exact) mass is 395 g/mol. The van der Waals surface area contributed by atoms with E-state index in [9.17, 15) is 9.18 Å². The van der Waals surface area contributed by atoms with Gasteiger partial charge in [-0.1, -0.05) is 24.3 Å². The van der Waals surface area contributed by atoms with Crippen LogP contribution in [-0.4, -0.2) is 61.0 Å². The van der Waals surface area contributed by atoms with Crippen molar-refractivity contribution in [2.24, 2.45) is 0 Å². The molecule has 0 aromatic heterocycles. The Hall–Kier alpha value is -2.24. The summed E-state index contributed by atoms with van der Waals surface area (Å²) in [5, 5.41) is 3.25. The minimum Gasteiger partial charge on any atom is -0.348 e. The second-order valence-corrected chi connectivity index (χ2v) is 8.43. The molecule has 1 amide bonds.